The molecule has 1 aromatic rings. The molecule has 2 aliphatic rings. The molecule has 1 amide bonds. The number of benzene rings is 1. The first-order chi connectivity index (χ1) is 13.8. The van der Waals surface area contributed by atoms with Gasteiger partial charge in [-0.2, -0.15) is 0 Å². The van der Waals surface area contributed by atoms with Crippen molar-refractivity contribution in [3.63, 3.8) is 0 Å². The number of aromatic hydroxyl groups is 1. The van der Waals surface area contributed by atoms with Crippen molar-refractivity contribution in [2.45, 2.75) is 51.5 Å². The van der Waals surface area contributed by atoms with Gasteiger partial charge in [-0.05, 0) is 84.7 Å². The van der Waals surface area contributed by atoms with Crippen molar-refractivity contribution >= 4 is 27.8 Å². The van der Waals surface area contributed by atoms with Gasteiger partial charge in [0.1, 0.15) is 5.75 Å². The molecule has 160 valence electrons. The third kappa shape index (κ3) is 5.95. The Morgan fingerprint density at radius 1 is 1.14 bits per heavy atom. The van der Waals surface area contributed by atoms with Crippen LogP contribution in [0.25, 0.3) is 0 Å². The molecule has 2 heterocycles. The number of amides is 1. The zero-order valence-electron chi connectivity index (χ0n) is 17.0. The van der Waals surface area contributed by atoms with E-state index in [9.17, 15) is 14.7 Å². The number of piperidine rings is 2. The molecule has 0 spiro atoms. The Morgan fingerprint density at radius 3 is 2.38 bits per heavy atom. The third-order valence-corrected chi connectivity index (χ3v) is 7.02. The van der Waals surface area contributed by atoms with E-state index in [2.05, 4.69) is 20.8 Å². The summed E-state index contributed by atoms with van der Waals surface area (Å²) in [7, 11) is 0. The maximum Gasteiger partial charge on any atom is 0.303 e. The number of phenols is 1. The Kier molecular flexibility index (Phi) is 7.57. The van der Waals surface area contributed by atoms with Gasteiger partial charge in [0, 0.05) is 31.5 Å². The molecule has 0 aliphatic carbocycles. The van der Waals surface area contributed by atoms with Crippen LogP contribution in [0.5, 0.6) is 5.75 Å². The number of carboxylic acids is 1. The number of hydrogen-bond donors (Lipinski definition) is 2. The van der Waals surface area contributed by atoms with Gasteiger partial charge in [-0.1, -0.05) is 13.0 Å². The van der Waals surface area contributed by atoms with Gasteiger partial charge in [-0.25, -0.2) is 0 Å². The van der Waals surface area contributed by atoms with E-state index in [0.29, 0.717) is 22.9 Å². The highest BCUT2D eigenvalue weighted by atomic mass is 79.9. The number of hydrogen-bond acceptors (Lipinski definition) is 4. The number of phenolic OH excluding ortho intramolecular Hbond substituents is 1. The molecule has 2 saturated heterocycles. The highest BCUT2D eigenvalue weighted by Gasteiger charge is 2.31. The van der Waals surface area contributed by atoms with Gasteiger partial charge in [-0.15, -0.1) is 0 Å². The van der Waals surface area contributed by atoms with E-state index in [1.165, 1.54) is 0 Å². The summed E-state index contributed by atoms with van der Waals surface area (Å²) >= 11 is 3.33. The molecular formula is C22H31BrN2O4. The lowest BCUT2D eigenvalue weighted by atomic mass is 9.91. The highest BCUT2D eigenvalue weighted by molar-refractivity contribution is 9.10. The first-order valence-corrected chi connectivity index (χ1v) is 11.3. The van der Waals surface area contributed by atoms with Gasteiger partial charge in [0.25, 0.3) is 0 Å². The van der Waals surface area contributed by atoms with Crippen molar-refractivity contribution in [3.8, 4) is 5.75 Å². The van der Waals surface area contributed by atoms with Crippen LogP contribution in [0.3, 0.4) is 0 Å². The molecule has 2 N–H and O–H groups in total. The third-order valence-electron chi connectivity index (χ3n) is 6.38. The molecule has 2 aliphatic heterocycles. The lowest BCUT2D eigenvalue weighted by Crippen LogP contribution is -2.50. The monoisotopic (exact) mass is 466 g/mol. The Labute approximate surface area is 181 Å². The Bertz CT molecular complexity index is 726. The standard InChI is InChI=1S/C22H31BrN2O4/c1-15(12-17-2-3-20(26)19(23)13-17)22(29)25-10-6-18(7-11-25)24-8-4-16(5-9-24)14-21(27)28/h2-3,13,15-16,18,26H,4-12,14H2,1H3,(H,27,28)/t15-/m1/s1. The maximum atomic E-state index is 12.9. The van der Waals surface area contributed by atoms with Gasteiger partial charge in [0.2, 0.25) is 5.91 Å². The second-order valence-corrected chi connectivity index (χ2v) is 9.38. The van der Waals surface area contributed by atoms with Crippen LogP contribution in [0.4, 0.5) is 0 Å². The summed E-state index contributed by atoms with van der Waals surface area (Å²) in [5.41, 5.74) is 1.04. The van der Waals surface area contributed by atoms with E-state index in [4.69, 9.17) is 5.11 Å². The molecule has 1 atom stereocenters. The van der Waals surface area contributed by atoms with Gasteiger partial charge in [0.15, 0.2) is 0 Å². The van der Waals surface area contributed by atoms with E-state index in [-0.39, 0.29) is 24.0 Å². The fourth-order valence-electron chi connectivity index (χ4n) is 4.65. The number of aliphatic carboxylic acids is 1. The molecule has 6 nitrogen and oxygen atoms in total. The summed E-state index contributed by atoms with van der Waals surface area (Å²) in [5.74, 6) is -0.0559. The maximum absolute atomic E-state index is 12.9. The topological polar surface area (TPSA) is 81.1 Å². The number of halogens is 1. The molecule has 0 aromatic heterocycles. The van der Waals surface area contributed by atoms with Crippen LogP contribution < -0.4 is 0 Å². The molecular weight excluding hydrogens is 436 g/mol. The van der Waals surface area contributed by atoms with Crippen molar-refractivity contribution in [2.24, 2.45) is 11.8 Å². The highest BCUT2D eigenvalue weighted by Crippen LogP contribution is 2.28. The zero-order chi connectivity index (χ0) is 21.0. The summed E-state index contributed by atoms with van der Waals surface area (Å²) in [5, 5.41) is 18.6. The summed E-state index contributed by atoms with van der Waals surface area (Å²) in [4.78, 5) is 28.3. The van der Waals surface area contributed by atoms with Crippen molar-refractivity contribution in [1.29, 1.82) is 0 Å². The summed E-state index contributed by atoms with van der Waals surface area (Å²) in [6.45, 7) is 5.51. The summed E-state index contributed by atoms with van der Waals surface area (Å²) in [6.07, 6.45) is 4.86. The Hall–Kier alpha value is -1.60. The minimum absolute atomic E-state index is 0.0882. The zero-order valence-corrected chi connectivity index (χ0v) is 18.6. The minimum atomic E-state index is -0.691. The summed E-state index contributed by atoms with van der Waals surface area (Å²) in [6, 6.07) is 5.90. The number of carboxylic acid groups (broad SMARTS) is 1. The van der Waals surface area contributed by atoms with Crippen molar-refractivity contribution in [3.05, 3.63) is 28.2 Å². The largest absolute Gasteiger partial charge is 0.507 e. The van der Waals surface area contributed by atoms with Crippen LogP contribution in [-0.4, -0.2) is 64.1 Å². The summed E-state index contributed by atoms with van der Waals surface area (Å²) < 4.78 is 0.655. The van der Waals surface area contributed by atoms with E-state index in [1.807, 2.05) is 24.0 Å². The molecule has 0 saturated carbocycles. The number of carbonyl (C=O) groups is 2. The fraction of sp³-hybridized carbons (Fsp3) is 0.636. The molecule has 1 aromatic carbocycles. The number of rotatable bonds is 6. The molecule has 2 fully saturated rings. The average Bonchev–Trinajstić information content (AvgIpc) is 2.70. The van der Waals surface area contributed by atoms with Crippen LogP contribution in [-0.2, 0) is 16.0 Å². The van der Waals surface area contributed by atoms with Gasteiger partial charge in [0.05, 0.1) is 4.47 Å². The number of carbonyl (C=O) groups excluding carboxylic acids is 1. The lowest BCUT2D eigenvalue weighted by Gasteiger charge is -2.42. The van der Waals surface area contributed by atoms with E-state index in [1.54, 1.807) is 6.07 Å². The van der Waals surface area contributed by atoms with Crippen LogP contribution in [0.2, 0.25) is 0 Å². The van der Waals surface area contributed by atoms with Crippen molar-refractivity contribution < 1.29 is 19.8 Å². The van der Waals surface area contributed by atoms with Gasteiger partial charge >= 0.3 is 5.97 Å². The predicted molar refractivity (Wildman–Crippen MR) is 115 cm³/mol. The molecule has 0 bridgehead atoms. The second kappa shape index (κ2) is 9.94. The fourth-order valence-corrected chi connectivity index (χ4v) is 5.08. The molecule has 29 heavy (non-hydrogen) atoms. The molecule has 7 heteroatoms. The van der Waals surface area contributed by atoms with E-state index < -0.39 is 5.97 Å². The Morgan fingerprint density at radius 2 is 1.79 bits per heavy atom. The Balaban J connectivity index is 1.44. The SMILES string of the molecule is C[C@H](Cc1ccc(O)c(Br)c1)C(=O)N1CCC(N2CCC(CC(=O)O)CC2)CC1. The molecule has 0 unspecified atom stereocenters. The first-order valence-electron chi connectivity index (χ1n) is 10.6. The lowest BCUT2D eigenvalue weighted by molar-refractivity contribution is -0.138. The predicted octanol–water partition coefficient (Wildman–Crippen LogP) is 3.51. The minimum Gasteiger partial charge on any atom is -0.507 e. The average molecular weight is 467 g/mol. The van der Waals surface area contributed by atoms with Gasteiger partial charge < -0.3 is 20.0 Å². The number of likely N-dealkylation sites (tertiary alicyclic amines) is 2. The quantitative estimate of drug-likeness (QED) is 0.670. The van der Waals surface area contributed by atoms with E-state index >= 15 is 0 Å². The van der Waals surface area contributed by atoms with Crippen molar-refractivity contribution in [1.82, 2.24) is 9.80 Å². The van der Waals surface area contributed by atoms with Crippen LogP contribution in [0, 0.1) is 11.8 Å². The van der Waals surface area contributed by atoms with Crippen LogP contribution >= 0.6 is 15.9 Å². The first kappa shape index (κ1) is 22.1. The van der Waals surface area contributed by atoms with Gasteiger partial charge in [-0.3, -0.25) is 9.59 Å². The van der Waals surface area contributed by atoms with Crippen molar-refractivity contribution in [2.75, 3.05) is 26.2 Å². The van der Waals surface area contributed by atoms with Crippen LogP contribution in [0.1, 0.15) is 44.6 Å². The smallest absolute Gasteiger partial charge is 0.303 e. The molecule has 3 rings (SSSR count). The molecule has 0 radical (unpaired) electrons. The normalized spacial score (nSPS) is 20.6. The van der Waals surface area contributed by atoms with Crippen LogP contribution in [0.15, 0.2) is 22.7 Å². The number of nitrogens with zero attached hydrogens (tertiary/aromatic N) is 2. The second-order valence-electron chi connectivity index (χ2n) is 8.52. The van der Waals surface area contributed by atoms with E-state index in [0.717, 1.165) is 57.4 Å².